The van der Waals surface area contributed by atoms with Gasteiger partial charge >= 0.3 is 0 Å². The Morgan fingerprint density at radius 1 is 1.11 bits per heavy atom. The van der Waals surface area contributed by atoms with Crippen molar-refractivity contribution in [3.05, 3.63) is 93.4 Å². The van der Waals surface area contributed by atoms with Crippen LogP contribution in [0.1, 0.15) is 40.2 Å². The smallest absolute Gasteiger partial charge is 0.293 e. The third-order valence-corrected chi connectivity index (χ3v) is 6.47. The first-order valence-corrected chi connectivity index (χ1v) is 12.4. The lowest BCUT2D eigenvalue weighted by Gasteiger charge is -2.18. The third kappa shape index (κ3) is 5.59. The van der Waals surface area contributed by atoms with Gasteiger partial charge in [0.2, 0.25) is 0 Å². The predicted octanol–water partition coefficient (Wildman–Crippen LogP) is 5.36. The van der Waals surface area contributed by atoms with Gasteiger partial charge in [-0.2, -0.15) is 0 Å². The molecule has 1 saturated heterocycles. The van der Waals surface area contributed by atoms with E-state index in [1.807, 2.05) is 54.3 Å². The number of hydrogen-bond donors (Lipinski definition) is 2. The minimum absolute atomic E-state index is 0.0851. The minimum Gasteiger partial charge on any atom is -0.440 e. The van der Waals surface area contributed by atoms with Crippen LogP contribution in [0.3, 0.4) is 0 Å². The Labute approximate surface area is 218 Å². The molecule has 3 aromatic carbocycles. The fraction of sp³-hybridized carbons (Fsp3) is 0.222. The Morgan fingerprint density at radius 3 is 2.59 bits per heavy atom. The third-order valence-electron chi connectivity index (χ3n) is 6.26. The number of hydrogen-bond acceptors (Lipinski definition) is 7. The van der Waals surface area contributed by atoms with Crippen LogP contribution in [0.2, 0.25) is 0 Å². The number of nitro groups is 1. The number of carbonyl (C=O) groups is 1. The average Bonchev–Trinajstić information content (AvgIpc) is 3.54. The van der Waals surface area contributed by atoms with Gasteiger partial charge in [-0.05, 0) is 79.5 Å². The van der Waals surface area contributed by atoms with Crippen LogP contribution < -0.4 is 15.5 Å². The standard InChI is InChI=1S/C27H25N5O4S/c1-17-4-11-24-21(14-17)29-25(36-24)15-18-5-8-20(9-6-18)28-27(37)30-26(33)19-7-10-22(23(16-19)32(34)35)31-12-2-3-13-31/h4-11,14,16H,2-3,12-13,15H2,1H3,(H2,28,30,33,37). The summed E-state index contributed by atoms with van der Waals surface area (Å²) >= 11 is 5.28. The van der Waals surface area contributed by atoms with Gasteiger partial charge in [-0.1, -0.05) is 18.2 Å². The van der Waals surface area contributed by atoms with E-state index in [0.717, 1.165) is 48.2 Å². The van der Waals surface area contributed by atoms with Crippen molar-refractivity contribution in [2.75, 3.05) is 23.3 Å². The zero-order valence-corrected chi connectivity index (χ0v) is 21.0. The van der Waals surface area contributed by atoms with Crippen LogP contribution in [0, 0.1) is 17.0 Å². The summed E-state index contributed by atoms with van der Waals surface area (Å²) in [6, 6.07) is 18.0. The fourth-order valence-electron chi connectivity index (χ4n) is 4.42. The van der Waals surface area contributed by atoms with E-state index < -0.39 is 10.8 Å². The molecule has 5 rings (SSSR count). The number of aryl methyl sites for hydroxylation is 1. The highest BCUT2D eigenvalue weighted by atomic mass is 32.1. The van der Waals surface area contributed by atoms with E-state index in [2.05, 4.69) is 15.6 Å². The van der Waals surface area contributed by atoms with Crippen molar-refractivity contribution < 1.29 is 14.1 Å². The van der Waals surface area contributed by atoms with E-state index >= 15 is 0 Å². The minimum atomic E-state index is -0.517. The van der Waals surface area contributed by atoms with Crippen LogP contribution >= 0.6 is 12.2 Å². The first kappa shape index (κ1) is 24.4. The SMILES string of the molecule is Cc1ccc2oc(Cc3ccc(NC(=S)NC(=O)c4ccc(N5CCCC5)c([N+](=O)[O-])c4)cc3)nc2c1. The molecular weight excluding hydrogens is 490 g/mol. The molecule has 4 aromatic rings. The van der Waals surface area contributed by atoms with Crippen molar-refractivity contribution in [1.29, 1.82) is 0 Å². The number of nitrogens with zero attached hydrogens (tertiary/aromatic N) is 3. The van der Waals surface area contributed by atoms with Crippen LogP contribution in [0.15, 0.2) is 65.1 Å². The first-order valence-electron chi connectivity index (χ1n) is 12.0. The van der Waals surface area contributed by atoms with Gasteiger partial charge in [0, 0.05) is 36.8 Å². The number of thiocarbonyl (C=S) groups is 1. The maximum atomic E-state index is 12.7. The molecule has 0 aliphatic carbocycles. The largest absolute Gasteiger partial charge is 0.440 e. The van der Waals surface area contributed by atoms with Crippen LogP contribution in [0.25, 0.3) is 11.1 Å². The maximum absolute atomic E-state index is 12.7. The predicted molar refractivity (Wildman–Crippen MR) is 146 cm³/mol. The van der Waals surface area contributed by atoms with Crippen LogP contribution in [0.4, 0.5) is 17.1 Å². The van der Waals surface area contributed by atoms with E-state index in [1.165, 1.54) is 6.07 Å². The Kier molecular flexibility index (Phi) is 6.82. The molecule has 1 fully saturated rings. The molecule has 1 aliphatic heterocycles. The monoisotopic (exact) mass is 515 g/mol. The number of fused-ring (bicyclic) bond motifs is 1. The van der Waals surface area contributed by atoms with E-state index in [0.29, 0.717) is 23.7 Å². The molecule has 2 heterocycles. The highest BCUT2D eigenvalue weighted by molar-refractivity contribution is 7.80. The Balaban J connectivity index is 1.20. The zero-order chi connectivity index (χ0) is 25.9. The zero-order valence-electron chi connectivity index (χ0n) is 20.2. The van der Waals surface area contributed by atoms with Gasteiger partial charge < -0.3 is 14.6 Å². The molecule has 0 spiro atoms. The Bertz CT molecular complexity index is 1490. The molecule has 0 atom stereocenters. The molecule has 0 saturated carbocycles. The van der Waals surface area contributed by atoms with Gasteiger partial charge in [0.1, 0.15) is 11.2 Å². The topological polar surface area (TPSA) is 114 Å². The number of benzene rings is 3. The lowest BCUT2D eigenvalue weighted by molar-refractivity contribution is -0.384. The highest BCUT2D eigenvalue weighted by Gasteiger charge is 2.24. The second-order valence-electron chi connectivity index (χ2n) is 9.02. The van der Waals surface area contributed by atoms with Gasteiger partial charge in [-0.25, -0.2) is 4.98 Å². The summed E-state index contributed by atoms with van der Waals surface area (Å²) in [6.45, 7) is 3.56. The van der Waals surface area contributed by atoms with E-state index in [4.69, 9.17) is 16.6 Å². The summed E-state index contributed by atoms with van der Waals surface area (Å²) in [4.78, 5) is 30.4. The molecule has 37 heavy (non-hydrogen) atoms. The van der Waals surface area contributed by atoms with Crippen molar-refractivity contribution in [2.45, 2.75) is 26.2 Å². The van der Waals surface area contributed by atoms with Gasteiger partial charge in [0.25, 0.3) is 11.6 Å². The Hall–Kier alpha value is -4.31. The normalized spacial score (nSPS) is 13.1. The molecule has 2 N–H and O–H groups in total. The molecule has 0 bridgehead atoms. The maximum Gasteiger partial charge on any atom is 0.293 e. The number of oxazole rings is 1. The molecule has 9 nitrogen and oxygen atoms in total. The quantitative estimate of drug-likeness (QED) is 0.200. The van der Waals surface area contributed by atoms with Crippen molar-refractivity contribution in [3.63, 3.8) is 0 Å². The lowest BCUT2D eigenvalue weighted by Crippen LogP contribution is -2.34. The van der Waals surface area contributed by atoms with Gasteiger partial charge in [-0.15, -0.1) is 0 Å². The highest BCUT2D eigenvalue weighted by Crippen LogP contribution is 2.31. The number of carbonyl (C=O) groups excluding carboxylic acids is 1. The van der Waals surface area contributed by atoms with Crippen LogP contribution in [-0.2, 0) is 6.42 Å². The average molecular weight is 516 g/mol. The summed E-state index contributed by atoms with van der Waals surface area (Å²) in [6.07, 6.45) is 2.54. The Morgan fingerprint density at radius 2 is 1.86 bits per heavy atom. The molecule has 1 amide bonds. The number of nitro benzene ring substituents is 1. The van der Waals surface area contributed by atoms with E-state index in [9.17, 15) is 14.9 Å². The summed E-state index contributed by atoms with van der Waals surface area (Å²) < 4.78 is 5.83. The first-order chi connectivity index (χ1) is 17.9. The number of anilines is 2. The molecule has 0 radical (unpaired) electrons. The van der Waals surface area contributed by atoms with Gasteiger partial charge in [0.05, 0.1) is 4.92 Å². The number of aromatic nitrogens is 1. The van der Waals surface area contributed by atoms with Gasteiger partial charge in [-0.3, -0.25) is 20.2 Å². The molecule has 188 valence electrons. The molecule has 0 unspecified atom stereocenters. The number of amides is 1. The summed E-state index contributed by atoms with van der Waals surface area (Å²) in [7, 11) is 0. The number of nitrogens with one attached hydrogen (secondary N) is 2. The van der Waals surface area contributed by atoms with Crippen molar-refractivity contribution >= 4 is 51.4 Å². The molecule has 10 heteroatoms. The summed E-state index contributed by atoms with van der Waals surface area (Å²) in [5.74, 6) is 0.116. The molecule has 1 aliphatic rings. The van der Waals surface area contributed by atoms with Crippen molar-refractivity contribution in [3.8, 4) is 0 Å². The van der Waals surface area contributed by atoms with E-state index in [1.54, 1.807) is 12.1 Å². The molecular formula is C27H25N5O4S. The number of rotatable bonds is 6. The van der Waals surface area contributed by atoms with E-state index in [-0.39, 0.29) is 16.4 Å². The van der Waals surface area contributed by atoms with Gasteiger partial charge in [0.15, 0.2) is 16.6 Å². The summed E-state index contributed by atoms with van der Waals surface area (Å²) in [5, 5.41) is 17.3. The van der Waals surface area contributed by atoms with Crippen LogP contribution in [-0.4, -0.2) is 34.0 Å². The fourth-order valence-corrected chi connectivity index (χ4v) is 4.63. The lowest BCUT2D eigenvalue weighted by atomic mass is 10.1. The van der Waals surface area contributed by atoms with Crippen molar-refractivity contribution in [1.82, 2.24) is 10.3 Å². The van der Waals surface area contributed by atoms with Crippen LogP contribution in [0.5, 0.6) is 0 Å². The second-order valence-corrected chi connectivity index (χ2v) is 9.42. The molecule has 1 aromatic heterocycles. The van der Waals surface area contributed by atoms with Crippen molar-refractivity contribution in [2.24, 2.45) is 0 Å². The second kappa shape index (κ2) is 10.4. The summed E-state index contributed by atoms with van der Waals surface area (Å²) in [5.41, 5.74) is 5.05.